The fourth-order valence-electron chi connectivity index (χ4n) is 3.56. The summed E-state index contributed by atoms with van der Waals surface area (Å²) in [6, 6.07) is 0. The Morgan fingerprint density at radius 1 is 1.30 bits per heavy atom. The van der Waals surface area contributed by atoms with Gasteiger partial charge in [0.05, 0.1) is 18.4 Å². The molecule has 2 heterocycles. The summed E-state index contributed by atoms with van der Waals surface area (Å²) in [6.07, 6.45) is -1.36. The molecule has 0 saturated carbocycles. The van der Waals surface area contributed by atoms with Crippen molar-refractivity contribution < 1.29 is 33.4 Å². The van der Waals surface area contributed by atoms with E-state index in [-0.39, 0.29) is 46.4 Å². The molecule has 1 amide bonds. The van der Waals surface area contributed by atoms with Crippen molar-refractivity contribution in [3.05, 3.63) is 33.8 Å². The number of carbonyl (C=O) groups excluding carboxylic acids is 4. The smallest absolute Gasteiger partial charge is 0.404 e. The number of rotatable bonds is 5. The molecule has 0 saturated heterocycles. The molecule has 144 valence electrons. The summed E-state index contributed by atoms with van der Waals surface area (Å²) in [5.41, 5.74) is 6.16. The van der Waals surface area contributed by atoms with E-state index < -0.39 is 23.9 Å². The van der Waals surface area contributed by atoms with Gasteiger partial charge in [-0.15, -0.1) is 11.6 Å². The molecule has 9 nitrogen and oxygen atoms in total. The number of amides is 1. The number of hydrogen-bond donors (Lipinski definition) is 1. The van der Waals surface area contributed by atoms with Gasteiger partial charge in [-0.2, -0.15) is 0 Å². The highest BCUT2D eigenvalue weighted by atomic mass is 35.5. The highest BCUT2D eigenvalue weighted by Crippen LogP contribution is 2.42. The van der Waals surface area contributed by atoms with Gasteiger partial charge in [-0.1, -0.05) is 0 Å². The number of halogens is 1. The molecule has 3 rings (SSSR count). The van der Waals surface area contributed by atoms with Crippen molar-refractivity contribution in [1.29, 1.82) is 0 Å². The first kappa shape index (κ1) is 19.0. The van der Waals surface area contributed by atoms with Crippen molar-refractivity contribution in [2.75, 3.05) is 13.0 Å². The summed E-state index contributed by atoms with van der Waals surface area (Å²) in [7, 11) is 1.30. The van der Waals surface area contributed by atoms with Crippen molar-refractivity contribution in [1.82, 2.24) is 4.57 Å². The van der Waals surface area contributed by atoms with Crippen molar-refractivity contribution in [2.24, 2.45) is 5.73 Å². The number of alkyl halides is 1. The molecule has 1 aliphatic carbocycles. The zero-order chi connectivity index (χ0) is 19.9. The molecule has 1 aromatic rings. The standard InChI is InChI=1S/C17H17ClN2O7/c1-7-14(22)13-11(15(23)16(7)25-2)8(6-26-17(19)24)12-9(3-4-20(12)13)27-10(21)5-18/h9H,3-6H2,1-2H3,(H2,19,24). The molecular formula is C17H17ClN2O7. The Hall–Kier alpha value is -2.81. The number of nitrogens with zero attached hydrogens (tertiary/aromatic N) is 1. The average Bonchev–Trinajstić information content (AvgIpc) is 3.17. The number of nitrogens with two attached hydrogens (primary N) is 1. The van der Waals surface area contributed by atoms with E-state index in [1.165, 1.54) is 14.0 Å². The highest BCUT2D eigenvalue weighted by molar-refractivity contribution is 6.27. The third-order valence-electron chi connectivity index (χ3n) is 4.60. The topological polar surface area (TPSA) is 127 Å². The van der Waals surface area contributed by atoms with Crippen LogP contribution in [0.5, 0.6) is 0 Å². The van der Waals surface area contributed by atoms with E-state index in [2.05, 4.69) is 0 Å². The quantitative estimate of drug-likeness (QED) is 0.591. The van der Waals surface area contributed by atoms with Gasteiger partial charge < -0.3 is 24.5 Å². The Morgan fingerprint density at radius 3 is 2.59 bits per heavy atom. The molecule has 0 aromatic carbocycles. The van der Waals surface area contributed by atoms with Gasteiger partial charge in [0.2, 0.25) is 11.6 Å². The van der Waals surface area contributed by atoms with Crippen molar-refractivity contribution >= 4 is 35.2 Å². The molecule has 2 N–H and O–H groups in total. The predicted octanol–water partition coefficient (Wildman–Crippen LogP) is 1.61. The number of methoxy groups -OCH3 is 1. The number of ether oxygens (including phenoxy) is 3. The molecule has 27 heavy (non-hydrogen) atoms. The maximum atomic E-state index is 12.9. The number of carbonyl (C=O) groups is 4. The van der Waals surface area contributed by atoms with E-state index in [1.54, 1.807) is 4.57 Å². The molecule has 0 bridgehead atoms. The molecule has 10 heteroatoms. The van der Waals surface area contributed by atoms with E-state index >= 15 is 0 Å². The summed E-state index contributed by atoms with van der Waals surface area (Å²) in [5.74, 6) is -1.93. The zero-order valence-corrected chi connectivity index (χ0v) is 15.4. The van der Waals surface area contributed by atoms with E-state index in [0.29, 0.717) is 18.7 Å². The molecule has 0 fully saturated rings. The van der Waals surface area contributed by atoms with Gasteiger partial charge in [0, 0.05) is 24.1 Å². The number of fused-ring (bicyclic) bond motifs is 3. The summed E-state index contributed by atoms with van der Waals surface area (Å²) in [4.78, 5) is 48.5. The average molecular weight is 397 g/mol. The number of allylic oxidation sites excluding steroid dienone is 2. The summed E-state index contributed by atoms with van der Waals surface area (Å²) in [5, 5.41) is 0. The van der Waals surface area contributed by atoms with Crippen molar-refractivity contribution in [3.63, 3.8) is 0 Å². The SMILES string of the molecule is COC1=C(C)C(=O)c2c(c(COC(N)=O)c3n2CCC3OC(=O)CCl)C1=O. The van der Waals surface area contributed by atoms with Crippen LogP contribution in [-0.4, -0.2) is 41.2 Å². The minimum absolute atomic E-state index is 0.0744. The number of Topliss-reactive ketones (excluding diaryl/α,β-unsaturated/α-hetero) is 2. The summed E-state index contributed by atoms with van der Waals surface area (Å²) < 4.78 is 16.9. The maximum Gasteiger partial charge on any atom is 0.404 e. The number of hydrogen-bond acceptors (Lipinski definition) is 7. The van der Waals surface area contributed by atoms with Crippen LogP contribution in [0.3, 0.4) is 0 Å². The highest BCUT2D eigenvalue weighted by Gasteiger charge is 2.43. The molecule has 1 atom stereocenters. The van der Waals surface area contributed by atoms with Crippen molar-refractivity contribution in [3.8, 4) is 0 Å². The second kappa shape index (κ2) is 7.07. The number of esters is 1. The van der Waals surface area contributed by atoms with Gasteiger partial charge >= 0.3 is 12.1 Å². The van der Waals surface area contributed by atoms with Crippen LogP contribution in [0, 0.1) is 0 Å². The number of aromatic nitrogens is 1. The van der Waals surface area contributed by atoms with Crippen LogP contribution in [0.25, 0.3) is 0 Å². The largest absolute Gasteiger partial charge is 0.492 e. The van der Waals surface area contributed by atoms with Crippen LogP contribution >= 0.6 is 11.6 Å². The van der Waals surface area contributed by atoms with Crippen LogP contribution in [0.4, 0.5) is 4.79 Å². The third kappa shape index (κ3) is 2.97. The summed E-state index contributed by atoms with van der Waals surface area (Å²) >= 11 is 5.51. The van der Waals surface area contributed by atoms with E-state index in [1.807, 2.05) is 0 Å². The molecule has 1 aromatic heterocycles. The molecular weight excluding hydrogens is 380 g/mol. The molecule has 1 aliphatic heterocycles. The Kier molecular flexibility index (Phi) is 4.97. The van der Waals surface area contributed by atoms with E-state index in [0.717, 1.165) is 0 Å². The zero-order valence-electron chi connectivity index (χ0n) is 14.7. The fourth-order valence-corrected chi connectivity index (χ4v) is 3.62. The first-order chi connectivity index (χ1) is 12.8. The van der Waals surface area contributed by atoms with Crippen LogP contribution < -0.4 is 5.73 Å². The Balaban J connectivity index is 2.18. The lowest BCUT2D eigenvalue weighted by Gasteiger charge is -2.18. The Morgan fingerprint density at radius 2 is 2.00 bits per heavy atom. The second-order valence-corrected chi connectivity index (χ2v) is 6.33. The van der Waals surface area contributed by atoms with Gasteiger partial charge in [-0.25, -0.2) is 4.79 Å². The second-order valence-electron chi connectivity index (χ2n) is 6.06. The van der Waals surface area contributed by atoms with Gasteiger partial charge in [0.15, 0.2) is 5.76 Å². The van der Waals surface area contributed by atoms with Crippen LogP contribution in [-0.2, 0) is 32.2 Å². The minimum Gasteiger partial charge on any atom is -0.492 e. The third-order valence-corrected chi connectivity index (χ3v) is 4.82. The van der Waals surface area contributed by atoms with Crippen LogP contribution in [0.2, 0.25) is 0 Å². The van der Waals surface area contributed by atoms with E-state index in [9.17, 15) is 19.2 Å². The minimum atomic E-state index is -1.04. The molecule has 2 aliphatic rings. The predicted molar refractivity (Wildman–Crippen MR) is 91.3 cm³/mol. The maximum absolute atomic E-state index is 12.9. The first-order valence-electron chi connectivity index (χ1n) is 8.08. The fraction of sp³-hybridized carbons (Fsp3) is 0.412. The normalized spacial score (nSPS) is 18.3. The number of primary amides is 1. The lowest BCUT2D eigenvalue weighted by Crippen LogP contribution is -2.24. The van der Waals surface area contributed by atoms with E-state index in [4.69, 9.17) is 31.5 Å². The van der Waals surface area contributed by atoms with Gasteiger partial charge in [0.25, 0.3) is 0 Å². The Bertz CT molecular complexity index is 900. The van der Waals surface area contributed by atoms with Crippen molar-refractivity contribution in [2.45, 2.75) is 32.6 Å². The molecule has 1 unspecified atom stereocenters. The van der Waals surface area contributed by atoms with Crippen LogP contribution in [0.15, 0.2) is 11.3 Å². The molecule has 0 spiro atoms. The first-order valence-corrected chi connectivity index (χ1v) is 8.62. The summed E-state index contributed by atoms with van der Waals surface area (Å²) in [6.45, 7) is 1.51. The van der Waals surface area contributed by atoms with Gasteiger partial charge in [0.1, 0.15) is 24.3 Å². The molecule has 0 radical (unpaired) electrons. The van der Waals surface area contributed by atoms with Gasteiger partial charge in [-0.3, -0.25) is 14.4 Å². The lowest BCUT2D eigenvalue weighted by atomic mass is 9.90. The Labute approximate surface area is 159 Å². The van der Waals surface area contributed by atoms with Gasteiger partial charge in [-0.05, 0) is 6.92 Å². The number of ketones is 2. The lowest BCUT2D eigenvalue weighted by molar-refractivity contribution is -0.146. The monoisotopic (exact) mass is 396 g/mol. The van der Waals surface area contributed by atoms with Crippen LogP contribution in [0.1, 0.15) is 51.6 Å².